The number of hydrogen-bond donors (Lipinski definition) is 2. The Labute approximate surface area is 161 Å². The summed E-state index contributed by atoms with van der Waals surface area (Å²) < 4.78 is 0. The lowest BCUT2D eigenvalue weighted by Gasteiger charge is -2.10. The number of aromatic amines is 1. The van der Waals surface area contributed by atoms with E-state index in [1.54, 1.807) is 31.2 Å². The summed E-state index contributed by atoms with van der Waals surface area (Å²) in [6, 6.07) is 14.9. The molecule has 2 N–H and O–H groups in total. The second-order valence-corrected chi connectivity index (χ2v) is 7.53. The maximum atomic E-state index is 12.4. The molecule has 0 spiro atoms. The predicted octanol–water partition coefficient (Wildman–Crippen LogP) is 4.10. The minimum atomic E-state index is -0.396. The van der Waals surface area contributed by atoms with E-state index in [0.29, 0.717) is 22.2 Å². The predicted molar refractivity (Wildman–Crippen MR) is 107 cm³/mol. The molecule has 3 aromatic rings. The average Bonchev–Trinajstić information content (AvgIpc) is 3.11. The van der Waals surface area contributed by atoms with Gasteiger partial charge in [-0.1, -0.05) is 53.7 Å². The van der Waals surface area contributed by atoms with E-state index in [4.69, 9.17) is 0 Å². The lowest BCUT2D eigenvalue weighted by molar-refractivity contribution is -0.115. The molecule has 7 heteroatoms. The van der Waals surface area contributed by atoms with E-state index < -0.39 is 5.25 Å². The Kier molecular flexibility index (Phi) is 5.71. The van der Waals surface area contributed by atoms with E-state index in [-0.39, 0.29) is 11.7 Å². The number of ketones is 1. The quantitative estimate of drug-likeness (QED) is 0.496. The van der Waals surface area contributed by atoms with Crippen LogP contribution in [0.5, 0.6) is 0 Å². The van der Waals surface area contributed by atoms with Crippen molar-refractivity contribution in [3.63, 3.8) is 0 Å². The first-order valence-corrected chi connectivity index (χ1v) is 9.38. The summed E-state index contributed by atoms with van der Waals surface area (Å²) in [5.74, 6) is 0.444. The number of carbonyl (C=O) groups is 2. The smallest absolute Gasteiger partial charge is 0.237 e. The van der Waals surface area contributed by atoms with Crippen LogP contribution in [0.15, 0.2) is 53.7 Å². The number of rotatable bonds is 6. The Morgan fingerprint density at radius 2 is 1.89 bits per heavy atom. The Hall–Kier alpha value is -2.93. The van der Waals surface area contributed by atoms with Gasteiger partial charge in [0.15, 0.2) is 11.6 Å². The molecule has 3 rings (SSSR count). The number of anilines is 1. The van der Waals surface area contributed by atoms with Gasteiger partial charge >= 0.3 is 0 Å². The van der Waals surface area contributed by atoms with Gasteiger partial charge in [-0.25, -0.2) is 4.98 Å². The van der Waals surface area contributed by atoms with E-state index >= 15 is 0 Å². The van der Waals surface area contributed by atoms with Crippen LogP contribution in [0.25, 0.3) is 11.4 Å². The molecule has 0 saturated carbocycles. The highest BCUT2D eigenvalue weighted by Crippen LogP contribution is 2.24. The number of amides is 1. The van der Waals surface area contributed by atoms with Crippen LogP contribution in [0.3, 0.4) is 0 Å². The summed E-state index contributed by atoms with van der Waals surface area (Å²) in [6.07, 6.45) is 0. The van der Waals surface area contributed by atoms with Crippen molar-refractivity contribution in [1.29, 1.82) is 0 Å². The molecule has 1 aromatic heterocycles. The number of hydrogen-bond acceptors (Lipinski definition) is 5. The highest BCUT2D eigenvalue weighted by atomic mass is 32.2. The summed E-state index contributed by atoms with van der Waals surface area (Å²) in [5.41, 5.74) is 3.27. The number of H-pyrrole nitrogens is 1. The zero-order valence-corrected chi connectivity index (χ0v) is 16.1. The van der Waals surface area contributed by atoms with E-state index in [2.05, 4.69) is 20.5 Å². The molecule has 0 aliphatic heterocycles. The van der Waals surface area contributed by atoms with Gasteiger partial charge in [0, 0.05) is 16.8 Å². The van der Waals surface area contributed by atoms with E-state index in [1.165, 1.54) is 24.2 Å². The van der Waals surface area contributed by atoms with Crippen LogP contribution in [-0.2, 0) is 4.79 Å². The standard InChI is InChI=1S/C20H20N4O2S/c1-12-7-9-15(10-8-12)18-22-20(24-23-18)27-14(3)19(26)21-17-6-4-5-16(11-17)13(2)25/h4-11,14H,1-3H3,(H,21,26)(H,22,23,24). The van der Waals surface area contributed by atoms with Gasteiger partial charge in [0.2, 0.25) is 11.1 Å². The minimum Gasteiger partial charge on any atom is -0.325 e. The third kappa shape index (κ3) is 4.83. The van der Waals surface area contributed by atoms with Gasteiger partial charge in [-0.2, -0.15) is 0 Å². The Bertz CT molecular complexity index is 966. The zero-order chi connectivity index (χ0) is 19.4. The van der Waals surface area contributed by atoms with Gasteiger partial charge < -0.3 is 5.32 Å². The molecule has 0 saturated heterocycles. The number of benzene rings is 2. The number of aryl methyl sites for hydroxylation is 1. The van der Waals surface area contributed by atoms with Crippen molar-refractivity contribution in [3.05, 3.63) is 59.7 Å². The van der Waals surface area contributed by atoms with E-state index in [9.17, 15) is 9.59 Å². The molecule has 6 nitrogen and oxygen atoms in total. The number of carbonyl (C=O) groups excluding carboxylic acids is 2. The van der Waals surface area contributed by atoms with Crippen molar-refractivity contribution >= 4 is 29.1 Å². The number of thioether (sulfide) groups is 1. The third-order valence-electron chi connectivity index (χ3n) is 3.98. The van der Waals surface area contributed by atoms with Crippen LogP contribution >= 0.6 is 11.8 Å². The molecule has 2 aromatic carbocycles. The van der Waals surface area contributed by atoms with Gasteiger partial charge in [0.25, 0.3) is 0 Å². The molecule has 1 unspecified atom stereocenters. The highest BCUT2D eigenvalue weighted by molar-refractivity contribution is 8.00. The monoisotopic (exact) mass is 380 g/mol. The van der Waals surface area contributed by atoms with Crippen LogP contribution in [0, 0.1) is 6.92 Å². The Morgan fingerprint density at radius 3 is 2.59 bits per heavy atom. The maximum absolute atomic E-state index is 12.4. The molecule has 1 heterocycles. The number of Topliss-reactive ketones (excluding diaryl/α,β-unsaturated/α-hetero) is 1. The molecular formula is C20H20N4O2S. The number of nitrogens with zero attached hydrogens (tertiary/aromatic N) is 2. The van der Waals surface area contributed by atoms with Crippen LogP contribution in [0.2, 0.25) is 0 Å². The van der Waals surface area contributed by atoms with Crippen LogP contribution < -0.4 is 5.32 Å². The van der Waals surface area contributed by atoms with Gasteiger partial charge in [-0.3, -0.25) is 14.7 Å². The molecule has 27 heavy (non-hydrogen) atoms. The van der Waals surface area contributed by atoms with Crippen molar-refractivity contribution in [3.8, 4) is 11.4 Å². The lowest BCUT2D eigenvalue weighted by Crippen LogP contribution is -2.22. The van der Waals surface area contributed by atoms with E-state index in [1.807, 2.05) is 31.2 Å². The third-order valence-corrected chi connectivity index (χ3v) is 4.94. The minimum absolute atomic E-state index is 0.0436. The topological polar surface area (TPSA) is 87.7 Å². The van der Waals surface area contributed by atoms with Gasteiger partial charge in [-0.05, 0) is 32.9 Å². The van der Waals surface area contributed by atoms with Crippen molar-refractivity contribution in [2.45, 2.75) is 31.2 Å². The van der Waals surface area contributed by atoms with Crippen LogP contribution in [0.4, 0.5) is 5.69 Å². The fraction of sp³-hybridized carbons (Fsp3) is 0.200. The lowest BCUT2D eigenvalue weighted by atomic mass is 10.1. The number of aromatic nitrogens is 3. The second-order valence-electron chi connectivity index (χ2n) is 6.22. The molecule has 1 atom stereocenters. The van der Waals surface area contributed by atoms with Crippen LogP contribution in [-0.4, -0.2) is 32.1 Å². The van der Waals surface area contributed by atoms with Gasteiger partial charge in [0.1, 0.15) is 0 Å². The first-order chi connectivity index (χ1) is 12.9. The van der Waals surface area contributed by atoms with E-state index in [0.717, 1.165) is 5.56 Å². The molecule has 0 fully saturated rings. The average molecular weight is 380 g/mol. The van der Waals surface area contributed by atoms with Crippen molar-refractivity contribution in [1.82, 2.24) is 15.2 Å². The summed E-state index contributed by atoms with van der Waals surface area (Å²) in [5, 5.41) is 10.0. The maximum Gasteiger partial charge on any atom is 0.237 e. The van der Waals surface area contributed by atoms with Crippen molar-refractivity contribution < 1.29 is 9.59 Å². The van der Waals surface area contributed by atoms with Gasteiger partial charge in [-0.15, -0.1) is 5.10 Å². The molecular weight excluding hydrogens is 360 g/mol. The summed E-state index contributed by atoms with van der Waals surface area (Å²) >= 11 is 1.27. The highest BCUT2D eigenvalue weighted by Gasteiger charge is 2.18. The second kappa shape index (κ2) is 8.18. The summed E-state index contributed by atoms with van der Waals surface area (Å²) in [7, 11) is 0. The van der Waals surface area contributed by atoms with Gasteiger partial charge in [0.05, 0.1) is 5.25 Å². The SMILES string of the molecule is CC(=O)c1cccc(NC(=O)C(C)Sc2n[nH]c(-c3ccc(C)cc3)n2)c1. The fourth-order valence-electron chi connectivity index (χ4n) is 2.41. The van der Waals surface area contributed by atoms with Crippen LogP contribution in [0.1, 0.15) is 29.8 Å². The van der Waals surface area contributed by atoms with Crippen molar-refractivity contribution in [2.24, 2.45) is 0 Å². The largest absolute Gasteiger partial charge is 0.325 e. The first-order valence-electron chi connectivity index (χ1n) is 8.50. The first kappa shape index (κ1) is 18.8. The normalized spacial score (nSPS) is 11.8. The zero-order valence-electron chi connectivity index (χ0n) is 15.3. The molecule has 1 amide bonds. The Balaban J connectivity index is 1.64. The fourth-order valence-corrected chi connectivity index (χ4v) is 3.14. The number of nitrogens with one attached hydrogen (secondary N) is 2. The molecule has 0 bridgehead atoms. The molecule has 0 aliphatic rings. The molecule has 0 aliphatic carbocycles. The summed E-state index contributed by atoms with van der Waals surface area (Å²) in [6.45, 7) is 5.31. The molecule has 138 valence electrons. The molecule has 0 radical (unpaired) electrons. The summed E-state index contributed by atoms with van der Waals surface area (Å²) in [4.78, 5) is 28.3. The van der Waals surface area contributed by atoms with Crippen molar-refractivity contribution in [2.75, 3.05) is 5.32 Å². The Morgan fingerprint density at radius 1 is 1.15 bits per heavy atom.